The molecule has 1 fully saturated rings. The lowest BCUT2D eigenvalue weighted by Crippen LogP contribution is -2.39. The van der Waals surface area contributed by atoms with Gasteiger partial charge in [0.1, 0.15) is 0 Å². The topological polar surface area (TPSA) is 20.3 Å². The molecule has 98 valence electrons. The van der Waals surface area contributed by atoms with Crippen LogP contribution < -0.4 is 0 Å². The number of benzene rings is 1. The molecule has 2 atom stereocenters. The standard InChI is InChI=1S/C15H20BrNO/c1-11-5-3-4-6-13(11)9-15(18)17-8-7-12(2)14(17)10-16/h3-6,12,14H,7-10H2,1-2H3. The molecule has 1 aromatic rings. The van der Waals surface area contributed by atoms with Gasteiger partial charge < -0.3 is 4.90 Å². The van der Waals surface area contributed by atoms with E-state index in [2.05, 4.69) is 41.9 Å². The van der Waals surface area contributed by atoms with E-state index < -0.39 is 0 Å². The molecule has 3 heteroatoms. The van der Waals surface area contributed by atoms with Gasteiger partial charge in [-0.2, -0.15) is 0 Å². The fourth-order valence-corrected chi connectivity index (χ4v) is 3.61. The van der Waals surface area contributed by atoms with Crippen molar-refractivity contribution in [2.24, 2.45) is 5.92 Å². The van der Waals surface area contributed by atoms with Gasteiger partial charge in [0.15, 0.2) is 0 Å². The number of nitrogens with zero attached hydrogens (tertiary/aromatic N) is 1. The summed E-state index contributed by atoms with van der Waals surface area (Å²) in [5.74, 6) is 0.864. The number of rotatable bonds is 3. The number of likely N-dealkylation sites (tertiary alicyclic amines) is 1. The first-order chi connectivity index (χ1) is 8.63. The summed E-state index contributed by atoms with van der Waals surface area (Å²) in [4.78, 5) is 14.4. The Morgan fingerprint density at radius 3 is 2.83 bits per heavy atom. The highest BCUT2D eigenvalue weighted by Gasteiger charge is 2.33. The van der Waals surface area contributed by atoms with Crippen molar-refractivity contribution in [3.05, 3.63) is 35.4 Å². The van der Waals surface area contributed by atoms with Gasteiger partial charge in [0.2, 0.25) is 5.91 Å². The van der Waals surface area contributed by atoms with Crippen molar-refractivity contribution < 1.29 is 4.79 Å². The van der Waals surface area contributed by atoms with E-state index in [-0.39, 0.29) is 5.91 Å². The fraction of sp³-hybridized carbons (Fsp3) is 0.533. The molecular formula is C15H20BrNO. The fourth-order valence-electron chi connectivity index (χ4n) is 2.63. The van der Waals surface area contributed by atoms with Crippen molar-refractivity contribution in [1.29, 1.82) is 0 Å². The number of carbonyl (C=O) groups excluding carboxylic acids is 1. The van der Waals surface area contributed by atoms with Crippen molar-refractivity contribution >= 4 is 21.8 Å². The van der Waals surface area contributed by atoms with Crippen LogP contribution in [0.15, 0.2) is 24.3 Å². The van der Waals surface area contributed by atoms with Crippen molar-refractivity contribution in [3.8, 4) is 0 Å². The SMILES string of the molecule is Cc1ccccc1CC(=O)N1CCC(C)C1CBr. The van der Waals surface area contributed by atoms with Gasteiger partial charge in [-0.1, -0.05) is 47.1 Å². The minimum absolute atomic E-state index is 0.262. The van der Waals surface area contributed by atoms with Crippen LogP contribution in [-0.2, 0) is 11.2 Å². The van der Waals surface area contributed by atoms with Gasteiger partial charge in [-0.25, -0.2) is 0 Å². The number of halogens is 1. The summed E-state index contributed by atoms with van der Waals surface area (Å²) in [7, 11) is 0. The van der Waals surface area contributed by atoms with Crippen molar-refractivity contribution in [2.75, 3.05) is 11.9 Å². The lowest BCUT2D eigenvalue weighted by molar-refractivity contribution is -0.131. The monoisotopic (exact) mass is 309 g/mol. The Bertz CT molecular complexity index is 432. The molecule has 0 aliphatic carbocycles. The number of amides is 1. The minimum Gasteiger partial charge on any atom is -0.338 e. The van der Waals surface area contributed by atoms with Crippen LogP contribution in [0.1, 0.15) is 24.5 Å². The number of alkyl halides is 1. The molecule has 18 heavy (non-hydrogen) atoms. The van der Waals surface area contributed by atoms with Crippen LogP contribution in [0.3, 0.4) is 0 Å². The second kappa shape index (κ2) is 5.87. The zero-order chi connectivity index (χ0) is 13.1. The average molecular weight is 310 g/mol. The van der Waals surface area contributed by atoms with Gasteiger partial charge in [0.05, 0.1) is 6.42 Å². The summed E-state index contributed by atoms with van der Waals surface area (Å²) in [5, 5.41) is 0.883. The van der Waals surface area contributed by atoms with Crippen molar-refractivity contribution in [1.82, 2.24) is 4.90 Å². The first-order valence-electron chi connectivity index (χ1n) is 6.53. The van der Waals surface area contributed by atoms with Gasteiger partial charge in [-0.15, -0.1) is 0 Å². The van der Waals surface area contributed by atoms with Crippen LogP contribution >= 0.6 is 15.9 Å². The largest absolute Gasteiger partial charge is 0.338 e. The summed E-state index contributed by atoms with van der Waals surface area (Å²) in [6, 6.07) is 8.50. The molecule has 1 aromatic carbocycles. The summed E-state index contributed by atoms with van der Waals surface area (Å²) in [6.45, 7) is 5.20. The molecule has 1 aliphatic rings. The number of aryl methyl sites for hydroxylation is 1. The summed E-state index contributed by atoms with van der Waals surface area (Å²) in [5.41, 5.74) is 2.35. The van der Waals surface area contributed by atoms with E-state index in [9.17, 15) is 4.79 Å². The molecule has 2 rings (SSSR count). The molecule has 0 radical (unpaired) electrons. The third-order valence-electron chi connectivity index (χ3n) is 3.96. The molecule has 2 nitrogen and oxygen atoms in total. The maximum atomic E-state index is 12.4. The van der Waals surface area contributed by atoms with E-state index in [1.165, 1.54) is 5.56 Å². The Morgan fingerprint density at radius 1 is 1.44 bits per heavy atom. The molecule has 1 aliphatic heterocycles. The Morgan fingerprint density at radius 2 is 2.17 bits per heavy atom. The molecule has 0 spiro atoms. The Labute approximate surface area is 117 Å². The van der Waals surface area contributed by atoms with E-state index in [0.29, 0.717) is 18.4 Å². The molecule has 1 amide bonds. The van der Waals surface area contributed by atoms with Crippen LogP contribution in [0.25, 0.3) is 0 Å². The van der Waals surface area contributed by atoms with Crippen molar-refractivity contribution in [3.63, 3.8) is 0 Å². The third kappa shape index (κ3) is 2.77. The van der Waals surface area contributed by atoms with Crippen LogP contribution in [0.5, 0.6) is 0 Å². The van der Waals surface area contributed by atoms with E-state index in [0.717, 1.165) is 23.9 Å². The predicted molar refractivity (Wildman–Crippen MR) is 78.0 cm³/mol. The van der Waals surface area contributed by atoms with Gasteiger partial charge in [0.25, 0.3) is 0 Å². The van der Waals surface area contributed by atoms with Crippen LogP contribution in [0.4, 0.5) is 0 Å². The molecule has 0 bridgehead atoms. The molecule has 2 unspecified atom stereocenters. The third-order valence-corrected chi connectivity index (χ3v) is 4.63. The quantitative estimate of drug-likeness (QED) is 0.785. The van der Waals surface area contributed by atoms with E-state index >= 15 is 0 Å². The van der Waals surface area contributed by atoms with E-state index in [1.54, 1.807) is 0 Å². The number of carbonyl (C=O) groups is 1. The summed E-state index contributed by atoms with van der Waals surface area (Å²) in [6.07, 6.45) is 1.65. The molecule has 0 N–H and O–H groups in total. The van der Waals surface area contributed by atoms with Gasteiger partial charge in [-0.05, 0) is 30.4 Å². The van der Waals surface area contributed by atoms with Gasteiger partial charge in [-0.3, -0.25) is 4.79 Å². The lowest BCUT2D eigenvalue weighted by Gasteiger charge is -2.25. The van der Waals surface area contributed by atoms with Crippen LogP contribution in [-0.4, -0.2) is 28.7 Å². The zero-order valence-corrected chi connectivity index (χ0v) is 12.6. The van der Waals surface area contributed by atoms with Crippen LogP contribution in [0, 0.1) is 12.8 Å². The van der Waals surface area contributed by atoms with Crippen molar-refractivity contribution in [2.45, 2.75) is 32.7 Å². The maximum absolute atomic E-state index is 12.4. The summed E-state index contributed by atoms with van der Waals surface area (Å²) < 4.78 is 0. The minimum atomic E-state index is 0.262. The molecule has 0 aromatic heterocycles. The zero-order valence-electron chi connectivity index (χ0n) is 11.0. The van der Waals surface area contributed by atoms with Gasteiger partial charge in [0, 0.05) is 17.9 Å². The van der Waals surface area contributed by atoms with Crippen LogP contribution in [0.2, 0.25) is 0 Å². The normalized spacial score (nSPS) is 23.4. The molecule has 1 heterocycles. The number of hydrogen-bond acceptors (Lipinski definition) is 1. The molecule has 0 saturated carbocycles. The van der Waals surface area contributed by atoms with E-state index in [1.807, 2.05) is 17.0 Å². The molecular weight excluding hydrogens is 290 g/mol. The first-order valence-corrected chi connectivity index (χ1v) is 7.65. The average Bonchev–Trinajstić information content (AvgIpc) is 2.73. The van der Waals surface area contributed by atoms with E-state index in [4.69, 9.17) is 0 Å². The highest BCUT2D eigenvalue weighted by molar-refractivity contribution is 9.09. The second-order valence-corrected chi connectivity index (χ2v) is 5.83. The highest BCUT2D eigenvalue weighted by Crippen LogP contribution is 2.26. The Balaban J connectivity index is 2.07. The summed E-state index contributed by atoms with van der Waals surface area (Å²) >= 11 is 3.53. The Hall–Kier alpha value is -0.830. The first kappa shape index (κ1) is 13.6. The molecule has 1 saturated heterocycles. The second-order valence-electron chi connectivity index (χ2n) is 5.18. The van der Waals surface area contributed by atoms with Gasteiger partial charge >= 0.3 is 0 Å². The smallest absolute Gasteiger partial charge is 0.227 e. The predicted octanol–water partition coefficient (Wildman–Crippen LogP) is 3.17. The number of hydrogen-bond donors (Lipinski definition) is 0. The maximum Gasteiger partial charge on any atom is 0.227 e. The Kier molecular flexibility index (Phi) is 4.44. The highest BCUT2D eigenvalue weighted by atomic mass is 79.9. The lowest BCUT2D eigenvalue weighted by atomic mass is 10.0.